The van der Waals surface area contributed by atoms with Gasteiger partial charge in [0.15, 0.2) is 17.3 Å². The molecule has 0 N–H and O–H groups in total. The molecular weight excluding hydrogens is 334 g/mol. The summed E-state index contributed by atoms with van der Waals surface area (Å²) in [6, 6.07) is 5.41. The fourth-order valence-corrected chi connectivity index (χ4v) is 2.89. The molecule has 2 rings (SSSR count). The summed E-state index contributed by atoms with van der Waals surface area (Å²) in [5.41, 5.74) is 0.813. The molecule has 1 fully saturated rings. The van der Waals surface area contributed by atoms with Crippen LogP contribution in [0.2, 0.25) is 0 Å². The molecule has 0 spiro atoms. The third-order valence-corrected chi connectivity index (χ3v) is 4.06. The van der Waals surface area contributed by atoms with E-state index in [1.165, 1.54) is 0 Å². The largest absolute Gasteiger partial charge is 0.493 e. The zero-order valence-corrected chi connectivity index (χ0v) is 15.2. The van der Waals surface area contributed by atoms with Crippen molar-refractivity contribution >= 4 is 24.2 Å². The van der Waals surface area contributed by atoms with Gasteiger partial charge in [-0.25, -0.2) is 0 Å². The normalized spacial score (nSPS) is 20.9. The first-order valence-corrected chi connectivity index (χ1v) is 7.62. The van der Waals surface area contributed by atoms with Crippen molar-refractivity contribution in [3.63, 3.8) is 0 Å². The van der Waals surface area contributed by atoms with Crippen molar-refractivity contribution < 1.29 is 23.8 Å². The maximum atomic E-state index is 12.7. The van der Waals surface area contributed by atoms with Gasteiger partial charge >= 0.3 is 5.97 Å². The van der Waals surface area contributed by atoms with Crippen molar-refractivity contribution in [1.29, 1.82) is 0 Å². The van der Waals surface area contributed by atoms with Crippen molar-refractivity contribution in [3.05, 3.63) is 23.8 Å². The zero-order valence-electron chi connectivity index (χ0n) is 14.4. The number of nitrogens with zero attached hydrogens (tertiary/aromatic N) is 1. The van der Waals surface area contributed by atoms with Gasteiger partial charge < -0.3 is 19.1 Å². The maximum absolute atomic E-state index is 12.7. The fraction of sp³-hybridized carbons (Fsp3) is 0.529. The molecule has 134 valence electrons. The lowest BCUT2D eigenvalue weighted by atomic mass is 9.83. The monoisotopic (exact) mass is 357 g/mol. The molecule has 24 heavy (non-hydrogen) atoms. The van der Waals surface area contributed by atoms with Gasteiger partial charge in [-0.1, -0.05) is 6.07 Å². The van der Waals surface area contributed by atoms with E-state index in [0.29, 0.717) is 24.6 Å². The Kier molecular flexibility index (Phi) is 7.51. The number of esters is 1. The number of piperidine rings is 1. The van der Waals surface area contributed by atoms with Crippen molar-refractivity contribution in [2.45, 2.75) is 12.8 Å². The van der Waals surface area contributed by atoms with Crippen LogP contribution in [0.5, 0.6) is 11.5 Å². The smallest absolute Gasteiger partial charge is 0.317 e. The van der Waals surface area contributed by atoms with Gasteiger partial charge in [0, 0.05) is 13.1 Å². The van der Waals surface area contributed by atoms with E-state index in [9.17, 15) is 9.59 Å². The number of ether oxygens (including phenoxy) is 3. The van der Waals surface area contributed by atoms with E-state index < -0.39 is 11.9 Å². The lowest BCUT2D eigenvalue weighted by Crippen LogP contribution is -2.47. The molecule has 1 aliphatic rings. The number of ketones is 1. The molecule has 0 aliphatic carbocycles. The van der Waals surface area contributed by atoms with Gasteiger partial charge in [-0.05, 0) is 31.7 Å². The Labute approximate surface area is 148 Å². The minimum atomic E-state index is -0.744. The van der Waals surface area contributed by atoms with Gasteiger partial charge in [0.05, 0.1) is 26.7 Å². The first kappa shape index (κ1) is 20.3. The molecule has 0 aromatic heterocycles. The zero-order chi connectivity index (χ0) is 17.0. The Bertz CT molecular complexity index is 592. The molecule has 0 saturated carbocycles. The summed E-state index contributed by atoms with van der Waals surface area (Å²) in [6.07, 6.45) is 0. The van der Waals surface area contributed by atoms with E-state index in [1.54, 1.807) is 33.3 Å². The summed E-state index contributed by atoms with van der Waals surface area (Å²) in [5, 5.41) is 0. The predicted molar refractivity (Wildman–Crippen MR) is 92.2 cm³/mol. The third kappa shape index (κ3) is 4.19. The van der Waals surface area contributed by atoms with E-state index in [1.807, 2.05) is 18.0 Å². The molecule has 0 bridgehead atoms. The van der Waals surface area contributed by atoms with E-state index in [-0.39, 0.29) is 30.7 Å². The second kappa shape index (κ2) is 8.89. The average Bonchev–Trinajstić information content (AvgIpc) is 2.56. The van der Waals surface area contributed by atoms with E-state index >= 15 is 0 Å². The summed E-state index contributed by atoms with van der Waals surface area (Å²) in [7, 11) is 5.01. The Morgan fingerprint density at radius 1 is 1.21 bits per heavy atom. The number of Topliss-reactive ketones (excluding diaryl/α,β-unsaturated/α-hetero) is 1. The Morgan fingerprint density at radius 2 is 1.88 bits per heavy atom. The van der Waals surface area contributed by atoms with Gasteiger partial charge in [0.1, 0.15) is 5.92 Å². The number of benzene rings is 1. The highest BCUT2D eigenvalue weighted by molar-refractivity contribution is 6.03. The molecule has 2 unspecified atom stereocenters. The number of carbonyl (C=O) groups is 2. The van der Waals surface area contributed by atoms with Crippen LogP contribution in [0.3, 0.4) is 0 Å². The molecule has 1 aliphatic heterocycles. The standard InChI is InChI=1S/C17H23NO5.ClH/c1-5-23-17(20)13-10-18(2)9-12(16(13)19)11-6-7-14(21-3)15(8-11)22-4;/h6-8,12-13H,5,9-10H2,1-4H3;1H. The molecule has 1 heterocycles. The minimum Gasteiger partial charge on any atom is -0.493 e. The summed E-state index contributed by atoms with van der Waals surface area (Å²) >= 11 is 0. The Morgan fingerprint density at radius 3 is 2.46 bits per heavy atom. The number of hydrogen-bond acceptors (Lipinski definition) is 6. The second-order valence-electron chi connectivity index (χ2n) is 5.60. The van der Waals surface area contributed by atoms with E-state index in [2.05, 4.69) is 0 Å². The molecule has 0 radical (unpaired) electrons. The SMILES string of the molecule is CCOC(=O)C1CN(C)CC(c2ccc(OC)c(OC)c2)C1=O.Cl. The van der Waals surface area contributed by atoms with E-state index in [0.717, 1.165) is 5.56 Å². The van der Waals surface area contributed by atoms with Crippen LogP contribution in [-0.2, 0) is 14.3 Å². The van der Waals surface area contributed by atoms with Crippen LogP contribution in [0.25, 0.3) is 0 Å². The quantitative estimate of drug-likeness (QED) is 0.592. The summed E-state index contributed by atoms with van der Waals surface area (Å²) < 4.78 is 15.6. The number of halogens is 1. The van der Waals surface area contributed by atoms with Crippen LogP contribution in [0.1, 0.15) is 18.4 Å². The molecule has 0 amide bonds. The highest BCUT2D eigenvalue weighted by atomic mass is 35.5. The van der Waals surface area contributed by atoms with Crippen LogP contribution in [0.4, 0.5) is 0 Å². The van der Waals surface area contributed by atoms with Crippen molar-refractivity contribution in [3.8, 4) is 11.5 Å². The van der Waals surface area contributed by atoms with Gasteiger partial charge in [-0.15, -0.1) is 12.4 Å². The van der Waals surface area contributed by atoms with Gasteiger partial charge in [0.25, 0.3) is 0 Å². The van der Waals surface area contributed by atoms with Gasteiger partial charge in [0.2, 0.25) is 0 Å². The van der Waals surface area contributed by atoms with Crippen molar-refractivity contribution in [2.75, 3.05) is 41.0 Å². The van der Waals surface area contributed by atoms with Crippen LogP contribution in [0, 0.1) is 5.92 Å². The number of rotatable bonds is 5. The topological polar surface area (TPSA) is 65.1 Å². The summed E-state index contributed by atoms with van der Waals surface area (Å²) in [5.74, 6) is -0.508. The summed E-state index contributed by atoms with van der Waals surface area (Å²) in [4.78, 5) is 26.8. The van der Waals surface area contributed by atoms with Crippen LogP contribution in [-0.4, -0.2) is 57.6 Å². The fourth-order valence-electron chi connectivity index (χ4n) is 2.89. The molecular formula is C17H24ClNO5. The van der Waals surface area contributed by atoms with Crippen molar-refractivity contribution in [1.82, 2.24) is 4.90 Å². The Balaban J connectivity index is 0.00000288. The maximum Gasteiger partial charge on any atom is 0.317 e. The highest BCUT2D eigenvalue weighted by Crippen LogP contribution is 2.34. The van der Waals surface area contributed by atoms with Gasteiger partial charge in [-0.2, -0.15) is 0 Å². The number of methoxy groups -OCH3 is 2. The average molecular weight is 358 g/mol. The molecule has 1 aromatic rings. The number of hydrogen-bond donors (Lipinski definition) is 0. The van der Waals surface area contributed by atoms with E-state index in [4.69, 9.17) is 14.2 Å². The van der Waals surface area contributed by atoms with Crippen molar-refractivity contribution in [2.24, 2.45) is 5.92 Å². The molecule has 6 nitrogen and oxygen atoms in total. The van der Waals surface area contributed by atoms with Crippen LogP contribution < -0.4 is 9.47 Å². The third-order valence-electron chi connectivity index (χ3n) is 4.06. The number of likely N-dealkylation sites (tertiary alicyclic amines) is 1. The van der Waals surface area contributed by atoms with Crippen LogP contribution in [0.15, 0.2) is 18.2 Å². The van der Waals surface area contributed by atoms with Crippen LogP contribution >= 0.6 is 12.4 Å². The number of likely N-dealkylation sites (N-methyl/N-ethyl adjacent to an activating group) is 1. The lowest BCUT2D eigenvalue weighted by molar-refractivity contribution is -0.154. The lowest BCUT2D eigenvalue weighted by Gasteiger charge is -2.33. The summed E-state index contributed by atoms with van der Waals surface area (Å²) in [6.45, 7) is 2.96. The molecule has 1 aromatic carbocycles. The molecule has 2 atom stereocenters. The highest BCUT2D eigenvalue weighted by Gasteiger charge is 2.40. The molecule has 1 saturated heterocycles. The second-order valence-corrected chi connectivity index (χ2v) is 5.60. The predicted octanol–water partition coefficient (Wildman–Crippen LogP) is 1.90. The van der Waals surface area contributed by atoms with Gasteiger partial charge in [-0.3, -0.25) is 9.59 Å². The Hall–Kier alpha value is -1.79. The number of carbonyl (C=O) groups excluding carboxylic acids is 2. The molecule has 7 heteroatoms. The first-order chi connectivity index (χ1) is 11.0. The minimum absolute atomic E-state index is 0. The first-order valence-electron chi connectivity index (χ1n) is 7.62.